The van der Waals surface area contributed by atoms with Crippen molar-refractivity contribution in [2.45, 2.75) is 31.2 Å². The van der Waals surface area contributed by atoms with Crippen molar-refractivity contribution in [1.82, 2.24) is 0 Å². The molecule has 1 aliphatic carbocycles. The second kappa shape index (κ2) is 1.94. The Kier molecular flexibility index (Phi) is 1.40. The maximum Gasteiger partial charge on any atom is 0.314 e. The standard InChI is InChI=1S/C6H7F2N/c1-9-6(5(7)8)3-2-4-6/h5H,2-4H2. The molecule has 0 amide bonds. The first-order valence-electron chi connectivity index (χ1n) is 2.88. The summed E-state index contributed by atoms with van der Waals surface area (Å²) in [5.74, 6) is 0. The van der Waals surface area contributed by atoms with Crippen LogP contribution in [0.5, 0.6) is 0 Å². The maximum atomic E-state index is 11.9. The Hall–Kier alpha value is -0.650. The molecule has 0 bridgehead atoms. The van der Waals surface area contributed by atoms with Gasteiger partial charge in [0.1, 0.15) is 0 Å². The Morgan fingerprint density at radius 1 is 1.44 bits per heavy atom. The molecule has 1 saturated carbocycles. The number of alkyl halides is 2. The maximum absolute atomic E-state index is 11.9. The van der Waals surface area contributed by atoms with Gasteiger partial charge in [0.2, 0.25) is 0 Å². The molecule has 1 nitrogen and oxygen atoms in total. The van der Waals surface area contributed by atoms with Gasteiger partial charge in [0.25, 0.3) is 5.54 Å². The Morgan fingerprint density at radius 3 is 2.00 bits per heavy atom. The minimum atomic E-state index is -2.44. The van der Waals surface area contributed by atoms with Gasteiger partial charge in [-0.3, -0.25) is 0 Å². The summed E-state index contributed by atoms with van der Waals surface area (Å²) in [4.78, 5) is 2.92. The minimum absolute atomic E-state index is 0.383. The van der Waals surface area contributed by atoms with Crippen molar-refractivity contribution in [3.05, 3.63) is 11.4 Å². The average molecular weight is 131 g/mol. The van der Waals surface area contributed by atoms with Gasteiger partial charge in [0, 0.05) is 12.8 Å². The molecule has 1 fully saturated rings. The van der Waals surface area contributed by atoms with E-state index in [-0.39, 0.29) is 0 Å². The van der Waals surface area contributed by atoms with Crippen LogP contribution in [0.15, 0.2) is 0 Å². The zero-order valence-electron chi connectivity index (χ0n) is 4.90. The lowest BCUT2D eigenvalue weighted by atomic mass is 9.78. The van der Waals surface area contributed by atoms with E-state index < -0.39 is 12.0 Å². The lowest BCUT2D eigenvalue weighted by Crippen LogP contribution is -2.40. The third-order valence-corrected chi connectivity index (χ3v) is 1.85. The second-order valence-corrected chi connectivity index (χ2v) is 2.37. The molecule has 0 aromatic heterocycles. The Balaban J connectivity index is 2.60. The van der Waals surface area contributed by atoms with Gasteiger partial charge in [0.05, 0.1) is 0 Å². The van der Waals surface area contributed by atoms with Crippen LogP contribution in [0, 0.1) is 6.57 Å². The van der Waals surface area contributed by atoms with Gasteiger partial charge in [-0.1, -0.05) is 0 Å². The van der Waals surface area contributed by atoms with E-state index in [0.29, 0.717) is 12.8 Å². The highest BCUT2D eigenvalue weighted by Crippen LogP contribution is 2.40. The molecule has 0 aliphatic heterocycles. The predicted molar refractivity (Wildman–Crippen MR) is 29.2 cm³/mol. The average Bonchev–Trinajstić information content (AvgIpc) is 1.62. The fourth-order valence-corrected chi connectivity index (χ4v) is 0.918. The quantitative estimate of drug-likeness (QED) is 0.480. The molecular formula is C6H7F2N. The molecule has 1 aliphatic rings. The normalized spacial score (nSPS) is 22.9. The Morgan fingerprint density at radius 2 is 2.00 bits per heavy atom. The van der Waals surface area contributed by atoms with E-state index >= 15 is 0 Å². The molecule has 0 radical (unpaired) electrons. The molecule has 0 saturated heterocycles. The van der Waals surface area contributed by atoms with Crippen molar-refractivity contribution in [1.29, 1.82) is 0 Å². The number of hydrogen-bond acceptors (Lipinski definition) is 0. The van der Waals surface area contributed by atoms with Crippen LogP contribution in [-0.2, 0) is 0 Å². The van der Waals surface area contributed by atoms with Crippen LogP contribution in [0.4, 0.5) is 8.78 Å². The van der Waals surface area contributed by atoms with E-state index in [2.05, 4.69) is 4.85 Å². The SMILES string of the molecule is [C-]#[N+]C1(C(F)F)CCC1. The van der Waals surface area contributed by atoms with Crippen LogP contribution in [0.3, 0.4) is 0 Å². The number of rotatable bonds is 1. The topological polar surface area (TPSA) is 4.36 Å². The zero-order chi connectivity index (χ0) is 6.91. The van der Waals surface area contributed by atoms with Crippen molar-refractivity contribution in [3.8, 4) is 0 Å². The lowest BCUT2D eigenvalue weighted by Gasteiger charge is -2.28. The molecular weight excluding hydrogens is 124 g/mol. The number of halogens is 2. The van der Waals surface area contributed by atoms with Crippen LogP contribution in [0.2, 0.25) is 0 Å². The highest BCUT2D eigenvalue weighted by Gasteiger charge is 2.52. The van der Waals surface area contributed by atoms with Crippen molar-refractivity contribution in [2.24, 2.45) is 0 Å². The van der Waals surface area contributed by atoms with Crippen LogP contribution in [0.25, 0.3) is 4.85 Å². The van der Waals surface area contributed by atoms with E-state index in [4.69, 9.17) is 6.57 Å². The molecule has 0 aromatic carbocycles. The highest BCUT2D eigenvalue weighted by atomic mass is 19.3. The summed E-state index contributed by atoms with van der Waals surface area (Å²) in [5, 5.41) is 0. The molecule has 0 atom stereocenters. The molecule has 0 aromatic rings. The fraction of sp³-hybridized carbons (Fsp3) is 0.833. The summed E-state index contributed by atoms with van der Waals surface area (Å²) >= 11 is 0. The summed E-state index contributed by atoms with van der Waals surface area (Å²) in [6.45, 7) is 6.48. The van der Waals surface area contributed by atoms with Crippen molar-refractivity contribution in [2.75, 3.05) is 0 Å². The summed E-state index contributed by atoms with van der Waals surface area (Å²) in [5.41, 5.74) is -1.28. The smallest absolute Gasteiger partial charge is 0.304 e. The van der Waals surface area contributed by atoms with Crippen LogP contribution in [-0.4, -0.2) is 12.0 Å². The van der Waals surface area contributed by atoms with Crippen molar-refractivity contribution < 1.29 is 8.78 Å². The van der Waals surface area contributed by atoms with Crippen LogP contribution >= 0.6 is 0 Å². The molecule has 50 valence electrons. The third-order valence-electron chi connectivity index (χ3n) is 1.85. The molecule has 1 rings (SSSR count). The first-order chi connectivity index (χ1) is 4.21. The molecule has 0 spiro atoms. The number of hydrogen-bond donors (Lipinski definition) is 0. The Labute approximate surface area is 52.5 Å². The van der Waals surface area contributed by atoms with E-state index in [9.17, 15) is 8.78 Å². The molecule has 0 unspecified atom stereocenters. The van der Waals surface area contributed by atoms with Crippen molar-refractivity contribution in [3.63, 3.8) is 0 Å². The molecule has 0 N–H and O–H groups in total. The second-order valence-electron chi connectivity index (χ2n) is 2.37. The molecule has 9 heavy (non-hydrogen) atoms. The van der Waals surface area contributed by atoms with Gasteiger partial charge >= 0.3 is 6.43 Å². The van der Waals surface area contributed by atoms with Gasteiger partial charge in [-0.25, -0.2) is 15.4 Å². The monoisotopic (exact) mass is 131 g/mol. The third kappa shape index (κ3) is 0.787. The summed E-state index contributed by atoms with van der Waals surface area (Å²) in [6, 6.07) is 0. The number of nitrogens with zero attached hydrogens (tertiary/aromatic N) is 1. The van der Waals surface area contributed by atoms with E-state index in [1.54, 1.807) is 0 Å². The van der Waals surface area contributed by atoms with E-state index in [1.165, 1.54) is 0 Å². The van der Waals surface area contributed by atoms with Gasteiger partial charge in [-0.15, -0.1) is 0 Å². The van der Waals surface area contributed by atoms with Crippen LogP contribution in [0.1, 0.15) is 19.3 Å². The lowest BCUT2D eigenvalue weighted by molar-refractivity contribution is 0.0323. The van der Waals surface area contributed by atoms with E-state index in [1.807, 2.05) is 0 Å². The first-order valence-corrected chi connectivity index (χ1v) is 2.88. The van der Waals surface area contributed by atoms with E-state index in [0.717, 1.165) is 6.42 Å². The Bertz CT molecular complexity index is 144. The summed E-state index contributed by atoms with van der Waals surface area (Å²) in [6.07, 6.45) is -0.890. The van der Waals surface area contributed by atoms with Gasteiger partial charge in [-0.2, -0.15) is 0 Å². The van der Waals surface area contributed by atoms with Crippen LogP contribution < -0.4 is 0 Å². The molecule has 3 heteroatoms. The summed E-state index contributed by atoms with van der Waals surface area (Å²) < 4.78 is 23.8. The molecule has 0 heterocycles. The highest BCUT2D eigenvalue weighted by molar-refractivity contribution is 5.07. The summed E-state index contributed by atoms with van der Waals surface area (Å²) in [7, 11) is 0. The first kappa shape index (κ1) is 6.47. The zero-order valence-corrected chi connectivity index (χ0v) is 4.90. The van der Waals surface area contributed by atoms with Gasteiger partial charge in [0.15, 0.2) is 0 Å². The largest absolute Gasteiger partial charge is 0.314 e. The van der Waals surface area contributed by atoms with Gasteiger partial charge in [-0.05, 0) is 6.42 Å². The predicted octanol–water partition coefficient (Wildman–Crippen LogP) is 2.09. The minimum Gasteiger partial charge on any atom is -0.304 e. The fourth-order valence-electron chi connectivity index (χ4n) is 0.918. The van der Waals surface area contributed by atoms with Crippen molar-refractivity contribution >= 4 is 0 Å². The van der Waals surface area contributed by atoms with Gasteiger partial charge < -0.3 is 4.85 Å².